The number of carbonyl (C=O) groups excluding carboxylic acids is 1. The summed E-state index contributed by atoms with van der Waals surface area (Å²) >= 11 is 0. The minimum Gasteiger partial charge on any atom is -0.467 e. The Morgan fingerprint density at radius 3 is 2.84 bits per heavy atom. The molecule has 0 aliphatic heterocycles. The maximum absolute atomic E-state index is 12.3. The van der Waals surface area contributed by atoms with Crippen molar-refractivity contribution in [1.29, 1.82) is 0 Å². The molecular weight excluding hydrogens is 238 g/mol. The largest absolute Gasteiger partial charge is 0.467 e. The van der Waals surface area contributed by atoms with Crippen LogP contribution < -0.4 is 5.32 Å². The minimum absolute atomic E-state index is 0.125. The molecule has 0 bridgehead atoms. The third-order valence-electron chi connectivity index (χ3n) is 4.37. The van der Waals surface area contributed by atoms with Gasteiger partial charge in [0.1, 0.15) is 5.54 Å². The summed E-state index contributed by atoms with van der Waals surface area (Å²) in [5.41, 5.74) is 1.65. The number of esters is 1. The van der Waals surface area contributed by atoms with Crippen molar-refractivity contribution in [1.82, 2.24) is 0 Å². The van der Waals surface area contributed by atoms with E-state index in [-0.39, 0.29) is 5.97 Å². The first-order valence-corrected chi connectivity index (χ1v) is 7.06. The Bertz CT molecular complexity index is 458. The Labute approximate surface area is 115 Å². The molecule has 1 aromatic carbocycles. The molecule has 0 radical (unpaired) electrons. The van der Waals surface area contributed by atoms with E-state index in [2.05, 4.69) is 25.2 Å². The number of anilines is 1. The molecule has 1 aliphatic rings. The lowest BCUT2D eigenvalue weighted by atomic mass is 9.84. The fourth-order valence-electron chi connectivity index (χ4n) is 3.25. The van der Waals surface area contributed by atoms with E-state index in [1.807, 2.05) is 18.2 Å². The summed E-state index contributed by atoms with van der Waals surface area (Å²) in [6.45, 7) is 4.20. The predicted molar refractivity (Wildman–Crippen MR) is 77.2 cm³/mol. The SMILES string of the molecule is CCC1CCCC1(Nc1ccccc1C)C(=O)OC. The third kappa shape index (κ3) is 2.46. The van der Waals surface area contributed by atoms with Crippen LogP contribution in [0.25, 0.3) is 0 Å². The fourth-order valence-corrected chi connectivity index (χ4v) is 3.25. The number of benzene rings is 1. The Morgan fingerprint density at radius 1 is 1.47 bits per heavy atom. The van der Waals surface area contributed by atoms with Crippen molar-refractivity contribution in [2.75, 3.05) is 12.4 Å². The van der Waals surface area contributed by atoms with E-state index >= 15 is 0 Å². The molecule has 0 heterocycles. The maximum Gasteiger partial charge on any atom is 0.331 e. The average Bonchev–Trinajstić information content (AvgIpc) is 2.84. The van der Waals surface area contributed by atoms with Gasteiger partial charge in [-0.1, -0.05) is 38.0 Å². The van der Waals surface area contributed by atoms with Crippen LogP contribution in [-0.4, -0.2) is 18.6 Å². The van der Waals surface area contributed by atoms with Gasteiger partial charge in [0.05, 0.1) is 7.11 Å². The van der Waals surface area contributed by atoms with Crippen LogP contribution in [0.2, 0.25) is 0 Å². The first-order valence-electron chi connectivity index (χ1n) is 7.06. The van der Waals surface area contributed by atoms with Gasteiger partial charge in [-0.15, -0.1) is 0 Å². The fraction of sp³-hybridized carbons (Fsp3) is 0.562. The Balaban J connectivity index is 2.34. The lowest BCUT2D eigenvalue weighted by molar-refractivity contribution is -0.147. The van der Waals surface area contributed by atoms with Gasteiger partial charge in [-0.3, -0.25) is 0 Å². The smallest absolute Gasteiger partial charge is 0.331 e. The summed E-state index contributed by atoms with van der Waals surface area (Å²) in [6, 6.07) is 8.10. The average molecular weight is 261 g/mol. The maximum atomic E-state index is 12.3. The monoisotopic (exact) mass is 261 g/mol. The predicted octanol–water partition coefficient (Wildman–Crippen LogP) is 3.53. The molecule has 1 aliphatic carbocycles. The molecule has 19 heavy (non-hydrogen) atoms. The number of rotatable bonds is 4. The zero-order valence-corrected chi connectivity index (χ0v) is 12.0. The van der Waals surface area contributed by atoms with Gasteiger partial charge < -0.3 is 10.1 Å². The highest BCUT2D eigenvalue weighted by atomic mass is 16.5. The first-order chi connectivity index (χ1) is 9.14. The van der Waals surface area contributed by atoms with E-state index in [1.165, 1.54) is 7.11 Å². The number of hydrogen-bond acceptors (Lipinski definition) is 3. The molecule has 0 spiro atoms. The lowest BCUT2D eigenvalue weighted by Crippen LogP contribution is -2.50. The van der Waals surface area contributed by atoms with E-state index < -0.39 is 5.54 Å². The summed E-state index contributed by atoms with van der Waals surface area (Å²) in [7, 11) is 1.48. The molecule has 104 valence electrons. The van der Waals surface area contributed by atoms with Gasteiger partial charge in [0.25, 0.3) is 0 Å². The zero-order valence-electron chi connectivity index (χ0n) is 12.0. The highest BCUT2D eigenvalue weighted by molar-refractivity contribution is 5.85. The van der Waals surface area contributed by atoms with Crippen molar-refractivity contribution in [3.8, 4) is 0 Å². The molecule has 1 saturated carbocycles. The van der Waals surface area contributed by atoms with E-state index in [4.69, 9.17) is 4.74 Å². The number of hydrogen-bond donors (Lipinski definition) is 1. The van der Waals surface area contributed by atoms with E-state index in [0.29, 0.717) is 5.92 Å². The molecule has 3 heteroatoms. The summed E-state index contributed by atoms with van der Waals surface area (Å²) in [5.74, 6) is 0.222. The van der Waals surface area contributed by atoms with Crippen LogP contribution in [0.1, 0.15) is 38.2 Å². The number of para-hydroxylation sites is 1. The van der Waals surface area contributed by atoms with Crippen molar-refractivity contribution in [2.45, 2.75) is 45.1 Å². The van der Waals surface area contributed by atoms with Gasteiger partial charge in [0, 0.05) is 5.69 Å². The standard InChI is InChI=1S/C16H23NO2/c1-4-13-9-7-11-16(13,15(18)19-3)17-14-10-6-5-8-12(14)2/h5-6,8,10,13,17H,4,7,9,11H2,1-3H3. The second-order valence-electron chi connectivity index (χ2n) is 5.40. The van der Waals surface area contributed by atoms with E-state index in [0.717, 1.165) is 36.9 Å². The Hall–Kier alpha value is -1.51. The molecule has 1 fully saturated rings. The zero-order chi connectivity index (χ0) is 13.9. The second-order valence-corrected chi connectivity index (χ2v) is 5.40. The van der Waals surface area contributed by atoms with Gasteiger partial charge >= 0.3 is 5.97 Å². The topological polar surface area (TPSA) is 38.3 Å². The highest BCUT2D eigenvalue weighted by Crippen LogP contribution is 2.41. The first kappa shape index (κ1) is 13.9. The van der Waals surface area contributed by atoms with Gasteiger partial charge in [-0.2, -0.15) is 0 Å². The van der Waals surface area contributed by atoms with Crippen LogP contribution in [0.5, 0.6) is 0 Å². The molecule has 2 unspecified atom stereocenters. The number of carbonyl (C=O) groups is 1. The molecule has 2 atom stereocenters. The van der Waals surface area contributed by atoms with Crippen molar-refractivity contribution in [2.24, 2.45) is 5.92 Å². The summed E-state index contributed by atoms with van der Waals surface area (Å²) < 4.78 is 5.08. The van der Waals surface area contributed by atoms with Crippen molar-refractivity contribution < 1.29 is 9.53 Å². The molecule has 0 saturated heterocycles. The number of methoxy groups -OCH3 is 1. The normalized spacial score (nSPS) is 26.2. The van der Waals surface area contributed by atoms with Gasteiger partial charge in [-0.25, -0.2) is 4.79 Å². The Morgan fingerprint density at radius 2 is 2.21 bits per heavy atom. The van der Waals surface area contributed by atoms with Crippen LogP contribution in [0.3, 0.4) is 0 Å². The van der Waals surface area contributed by atoms with Gasteiger partial charge in [0.15, 0.2) is 0 Å². The highest BCUT2D eigenvalue weighted by Gasteiger charge is 2.49. The molecule has 0 amide bonds. The van der Waals surface area contributed by atoms with Crippen molar-refractivity contribution in [3.05, 3.63) is 29.8 Å². The van der Waals surface area contributed by atoms with Crippen LogP contribution >= 0.6 is 0 Å². The molecule has 2 rings (SSSR count). The number of nitrogens with one attached hydrogen (secondary N) is 1. The van der Waals surface area contributed by atoms with Crippen LogP contribution in [0.4, 0.5) is 5.69 Å². The van der Waals surface area contributed by atoms with Gasteiger partial charge in [-0.05, 0) is 37.3 Å². The summed E-state index contributed by atoms with van der Waals surface area (Å²) in [5, 5.41) is 3.50. The molecule has 1 N–H and O–H groups in total. The van der Waals surface area contributed by atoms with E-state index in [1.54, 1.807) is 0 Å². The number of aryl methyl sites for hydroxylation is 1. The summed E-state index contributed by atoms with van der Waals surface area (Å²) in [4.78, 5) is 12.3. The lowest BCUT2D eigenvalue weighted by Gasteiger charge is -2.34. The number of ether oxygens (including phenoxy) is 1. The quantitative estimate of drug-likeness (QED) is 0.843. The third-order valence-corrected chi connectivity index (χ3v) is 4.37. The van der Waals surface area contributed by atoms with Crippen LogP contribution in [0, 0.1) is 12.8 Å². The van der Waals surface area contributed by atoms with Crippen molar-refractivity contribution in [3.63, 3.8) is 0 Å². The summed E-state index contributed by atoms with van der Waals surface area (Å²) in [6.07, 6.45) is 4.01. The Kier molecular flexibility index (Phi) is 4.13. The molecular formula is C16H23NO2. The molecule has 1 aromatic rings. The van der Waals surface area contributed by atoms with Crippen LogP contribution in [-0.2, 0) is 9.53 Å². The molecule has 3 nitrogen and oxygen atoms in total. The minimum atomic E-state index is -0.546. The van der Waals surface area contributed by atoms with E-state index in [9.17, 15) is 4.79 Å². The van der Waals surface area contributed by atoms with Crippen molar-refractivity contribution >= 4 is 11.7 Å². The second kappa shape index (κ2) is 5.64. The van der Waals surface area contributed by atoms with Crippen LogP contribution in [0.15, 0.2) is 24.3 Å². The van der Waals surface area contributed by atoms with Gasteiger partial charge in [0.2, 0.25) is 0 Å². The molecule has 0 aromatic heterocycles.